The van der Waals surface area contributed by atoms with E-state index < -0.39 is 0 Å². The molecule has 0 aliphatic carbocycles. The fourth-order valence-corrected chi connectivity index (χ4v) is 3.00. The normalized spacial score (nSPS) is 13.4. The Hall–Kier alpha value is -2.37. The Labute approximate surface area is 148 Å². The minimum Gasteiger partial charge on any atom is -0.492 e. The van der Waals surface area contributed by atoms with Crippen LogP contribution in [0.3, 0.4) is 0 Å². The van der Waals surface area contributed by atoms with Gasteiger partial charge in [0.15, 0.2) is 0 Å². The number of nitrogens with one attached hydrogen (secondary N) is 1. The van der Waals surface area contributed by atoms with Crippen molar-refractivity contribution in [3.63, 3.8) is 0 Å². The van der Waals surface area contributed by atoms with E-state index in [1.165, 1.54) is 5.56 Å². The fraction of sp³-hybridized carbons (Fsp3) is 0.350. The van der Waals surface area contributed by atoms with Gasteiger partial charge in [0, 0.05) is 31.7 Å². The Bertz CT molecular complexity index is 703. The van der Waals surface area contributed by atoms with Crippen LogP contribution in [0, 0.1) is 0 Å². The molecule has 132 valence electrons. The summed E-state index contributed by atoms with van der Waals surface area (Å²) in [6.45, 7) is 2.84. The lowest BCUT2D eigenvalue weighted by Gasteiger charge is -2.22. The Morgan fingerprint density at radius 3 is 2.72 bits per heavy atom. The Balaban J connectivity index is 1.52. The Morgan fingerprint density at radius 1 is 1.08 bits per heavy atom. The third kappa shape index (κ3) is 5.05. The first kappa shape index (κ1) is 17.5. The van der Waals surface area contributed by atoms with E-state index >= 15 is 0 Å². The van der Waals surface area contributed by atoms with Crippen LogP contribution in [-0.2, 0) is 17.8 Å². The minimum absolute atomic E-state index is 0.0710. The van der Waals surface area contributed by atoms with Crippen molar-refractivity contribution in [2.45, 2.75) is 19.4 Å². The molecule has 2 N–H and O–H groups in total. The van der Waals surface area contributed by atoms with Crippen LogP contribution in [0.2, 0.25) is 0 Å². The molecule has 0 saturated carbocycles. The highest BCUT2D eigenvalue weighted by Gasteiger charge is 2.15. The zero-order chi connectivity index (χ0) is 17.5. The first-order valence-electron chi connectivity index (χ1n) is 8.67. The lowest BCUT2D eigenvalue weighted by Crippen LogP contribution is -2.30. The topological polar surface area (TPSA) is 61.8 Å². The lowest BCUT2D eigenvalue weighted by atomic mass is 10.0. The van der Waals surface area contributed by atoms with Gasteiger partial charge in [0.1, 0.15) is 12.4 Å². The van der Waals surface area contributed by atoms with Gasteiger partial charge in [-0.25, -0.2) is 0 Å². The maximum atomic E-state index is 11.4. The maximum Gasteiger partial charge on any atom is 0.224 e. The monoisotopic (exact) mass is 340 g/mol. The number of fused-ring (bicyclic) bond motifs is 1. The number of aliphatic hydroxyl groups excluding tert-OH is 1. The predicted molar refractivity (Wildman–Crippen MR) is 97.7 cm³/mol. The zero-order valence-electron chi connectivity index (χ0n) is 14.3. The Kier molecular flexibility index (Phi) is 6.04. The highest BCUT2D eigenvalue weighted by molar-refractivity contribution is 5.93. The van der Waals surface area contributed by atoms with E-state index in [2.05, 4.69) is 22.3 Å². The van der Waals surface area contributed by atoms with Crippen LogP contribution >= 0.6 is 0 Å². The third-order valence-corrected chi connectivity index (χ3v) is 4.31. The van der Waals surface area contributed by atoms with E-state index in [0.717, 1.165) is 36.5 Å². The number of nitrogens with zero attached hydrogens (tertiary/aromatic N) is 1. The number of aryl methyl sites for hydroxylation is 1. The third-order valence-electron chi connectivity index (χ3n) is 4.31. The van der Waals surface area contributed by atoms with Crippen molar-refractivity contribution in [2.75, 3.05) is 31.6 Å². The van der Waals surface area contributed by atoms with Gasteiger partial charge in [0.2, 0.25) is 5.91 Å². The van der Waals surface area contributed by atoms with Crippen molar-refractivity contribution in [3.8, 4) is 5.75 Å². The van der Waals surface area contributed by atoms with Crippen molar-refractivity contribution in [1.82, 2.24) is 4.90 Å². The highest BCUT2D eigenvalue weighted by atomic mass is 16.5. The average Bonchev–Trinajstić information content (AvgIpc) is 2.63. The van der Waals surface area contributed by atoms with Crippen LogP contribution in [0.4, 0.5) is 5.69 Å². The van der Waals surface area contributed by atoms with Crippen molar-refractivity contribution in [3.05, 3.63) is 59.7 Å². The predicted octanol–water partition coefficient (Wildman–Crippen LogP) is 2.44. The molecule has 0 bridgehead atoms. The molecule has 0 radical (unpaired) electrons. The quantitative estimate of drug-likeness (QED) is 0.775. The van der Waals surface area contributed by atoms with Crippen molar-refractivity contribution in [1.29, 1.82) is 0 Å². The van der Waals surface area contributed by atoms with Crippen molar-refractivity contribution < 1.29 is 14.6 Å². The first-order chi connectivity index (χ1) is 12.2. The summed E-state index contributed by atoms with van der Waals surface area (Å²) < 4.78 is 5.88. The molecule has 2 aromatic rings. The molecule has 5 nitrogen and oxygen atoms in total. The van der Waals surface area contributed by atoms with E-state index in [4.69, 9.17) is 4.74 Å². The summed E-state index contributed by atoms with van der Waals surface area (Å²) >= 11 is 0. The molecule has 25 heavy (non-hydrogen) atoms. The van der Waals surface area contributed by atoms with Crippen LogP contribution in [0.25, 0.3) is 0 Å². The van der Waals surface area contributed by atoms with E-state index in [-0.39, 0.29) is 12.5 Å². The zero-order valence-corrected chi connectivity index (χ0v) is 14.3. The number of ether oxygens (including phenoxy) is 1. The van der Waals surface area contributed by atoms with E-state index in [0.29, 0.717) is 19.6 Å². The largest absolute Gasteiger partial charge is 0.492 e. The summed E-state index contributed by atoms with van der Waals surface area (Å²) in [6.07, 6.45) is 1.28. The SMILES string of the molecule is O=C1CCc2cc(OCCN(CCO)Cc3ccccc3)ccc2N1. The van der Waals surface area contributed by atoms with Crippen LogP contribution < -0.4 is 10.1 Å². The van der Waals surface area contributed by atoms with Gasteiger partial charge in [-0.2, -0.15) is 0 Å². The van der Waals surface area contributed by atoms with Gasteiger partial charge in [-0.15, -0.1) is 0 Å². The lowest BCUT2D eigenvalue weighted by molar-refractivity contribution is -0.116. The van der Waals surface area contributed by atoms with Gasteiger partial charge in [0.25, 0.3) is 0 Å². The molecular weight excluding hydrogens is 316 g/mol. The molecule has 3 rings (SSSR count). The number of aliphatic hydroxyl groups is 1. The van der Waals surface area contributed by atoms with Crippen LogP contribution in [0.1, 0.15) is 17.5 Å². The molecule has 5 heteroatoms. The summed E-state index contributed by atoms with van der Waals surface area (Å²) in [5, 5.41) is 12.1. The fourth-order valence-electron chi connectivity index (χ4n) is 3.00. The molecule has 0 aromatic heterocycles. The molecular formula is C20H24N2O3. The number of rotatable bonds is 8. The van der Waals surface area contributed by atoms with E-state index in [9.17, 15) is 9.90 Å². The first-order valence-corrected chi connectivity index (χ1v) is 8.67. The maximum absolute atomic E-state index is 11.4. The van der Waals surface area contributed by atoms with Gasteiger partial charge < -0.3 is 15.2 Å². The minimum atomic E-state index is 0.0710. The molecule has 1 aliphatic heterocycles. The standard InChI is InChI=1S/C20H24N2O3/c23-12-10-22(15-16-4-2-1-3-5-16)11-13-25-18-7-8-19-17(14-18)6-9-20(24)21-19/h1-5,7-8,14,23H,6,9-13,15H2,(H,21,24). The summed E-state index contributed by atoms with van der Waals surface area (Å²) in [4.78, 5) is 13.6. The number of hydrogen-bond donors (Lipinski definition) is 2. The summed E-state index contributed by atoms with van der Waals surface area (Å²) in [7, 11) is 0. The molecule has 0 unspecified atom stereocenters. The second-order valence-corrected chi connectivity index (χ2v) is 6.20. The van der Waals surface area contributed by atoms with Gasteiger partial charge in [-0.1, -0.05) is 30.3 Å². The number of benzene rings is 2. The van der Waals surface area contributed by atoms with Gasteiger partial charge in [-0.05, 0) is 35.7 Å². The molecule has 1 heterocycles. The van der Waals surface area contributed by atoms with E-state index in [1.54, 1.807) is 0 Å². The highest BCUT2D eigenvalue weighted by Crippen LogP contribution is 2.26. The summed E-state index contributed by atoms with van der Waals surface area (Å²) in [5.74, 6) is 0.889. The molecule has 2 aromatic carbocycles. The molecule has 0 fully saturated rings. The van der Waals surface area contributed by atoms with E-state index in [1.807, 2.05) is 36.4 Å². The Morgan fingerprint density at radius 2 is 1.92 bits per heavy atom. The van der Waals surface area contributed by atoms with Gasteiger partial charge >= 0.3 is 0 Å². The van der Waals surface area contributed by atoms with Crippen LogP contribution in [0.15, 0.2) is 48.5 Å². The summed E-state index contributed by atoms with van der Waals surface area (Å²) in [5.41, 5.74) is 3.23. The number of anilines is 1. The molecule has 0 saturated heterocycles. The smallest absolute Gasteiger partial charge is 0.224 e. The van der Waals surface area contributed by atoms with Crippen LogP contribution in [0.5, 0.6) is 5.75 Å². The van der Waals surface area contributed by atoms with Crippen molar-refractivity contribution in [2.24, 2.45) is 0 Å². The van der Waals surface area contributed by atoms with Crippen LogP contribution in [-0.4, -0.2) is 42.2 Å². The molecule has 0 spiro atoms. The van der Waals surface area contributed by atoms with Gasteiger partial charge in [-0.3, -0.25) is 9.69 Å². The molecule has 0 atom stereocenters. The number of amides is 1. The molecule has 1 aliphatic rings. The average molecular weight is 340 g/mol. The second kappa shape index (κ2) is 8.65. The summed E-state index contributed by atoms with van der Waals surface area (Å²) in [6, 6.07) is 16.0. The number of hydrogen-bond acceptors (Lipinski definition) is 4. The molecule has 1 amide bonds. The van der Waals surface area contributed by atoms with Crippen molar-refractivity contribution >= 4 is 11.6 Å². The number of carbonyl (C=O) groups is 1. The van der Waals surface area contributed by atoms with Gasteiger partial charge in [0.05, 0.1) is 6.61 Å². The second-order valence-electron chi connectivity index (χ2n) is 6.20. The number of carbonyl (C=O) groups excluding carboxylic acids is 1.